The zero-order valence-corrected chi connectivity index (χ0v) is 9.96. The van der Waals surface area contributed by atoms with Crippen molar-refractivity contribution in [3.8, 4) is 0 Å². The Morgan fingerprint density at radius 2 is 2.44 bits per heavy atom. The molecule has 0 spiro atoms. The van der Waals surface area contributed by atoms with Gasteiger partial charge in [0.25, 0.3) is 5.91 Å². The zero-order valence-electron chi connectivity index (χ0n) is 9.96. The first kappa shape index (κ1) is 12.2. The van der Waals surface area contributed by atoms with Crippen molar-refractivity contribution in [2.24, 2.45) is 5.73 Å². The van der Waals surface area contributed by atoms with E-state index in [4.69, 9.17) is 10.3 Å². The van der Waals surface area contributed by atoms with Crippen molar-refractivity contribution in [1.29, 1.82) is 0 Å². The molecule has 2 rings (SSSR count). The van der Waals surface area contributed by atoms with Crippen molar-refractivity contribution < 1.29 is 9.32 Å². The Morgan fingerprint density at radius 1 is 1.61 bits per heavy atom. The molecule has 0 aromatic carbocycles. The third-order valence-electron chi connectivity index (χ3n) is 2.22. The Hall–Kier alpha value is -2.22. The third kappa shape index (κ3) is 2.92. The number of aryl methyl sites for hydroxylation is 1. The van der Waals surface area contributed by atoms with E-state index in [2.05, 4.69) is 20.4 Å². The molecule has 0 aliphatic carbocycles. The number of aromatic nitrogens is 4. The van der Waals surface area contributed by atoms with Gasteiger partial charge in [-0.3, -0.25) is 4.79 Å². The number of hydrogen-bond donors (Lipinski definition) is 2. The van der Waals surface area contributed by atoms with Crippen molar-refractivity contribution in [3.63, 3.8) is 0 Å². The van der Waals surface area contributed by atoms with E-state index in [1.807, 2.05) is 0 Å². The zero-order chi connectivity index (χ0) is 13.0. The van der Waals surface area contributed by atoms with Crippen molar-refractivity contribution in [3.05, 3.63) is 29.9 Å². The molecule has 96 valence electrons. The number of carbonyl (C=O) groups is 1. The standard InChI is InChI=1S/C10H14N6O2/c1-7-14-9(18-15-7)4-12-10(17)8-5-16(3-2-11)6-13-8/h5-6H,2-4,11H2,1H3,(H,12,17). The second-order valence-electron chi connectivity index (χ2n) is 3.70. The minimum absolute atomic E-state index is 0.184. The third-order valence-corrected chi connectivity index (χ3v) is 2.22. The Kier molecular flexibility index (Phi) is 3.68. The largest absolute Gasteiger partial charge is 0.342 e. The minimum atomic E-state index is -0.290. The fourth-order valence-electron chi connectivity index (χ4n) is 1.41. The molecule has 2 aromatic rings. The molecule has 1 amide bonds. The van der Waals surface area contributed by atoms with Gasteiger partial charge in [-0.05, 0) is 6.92 Å². The lowest BCUT2D eigenvalue weighted by Gasteiger charge is -1.98. The summed E-state index contributed by atoms with van der Waals surface area (Å²) < 4.78 is 6.63. The van der Waals surface area contributed by atoms with Gasteiger partial charge in [0.05, 0.1) is 12.9 Å². The van der Waals surface area contributed by atoms with E-state index in [0.717, 1.165) is 0 Å². The first-order chi connectivity index (χ1) is 8.69. The molecule has 0 atom stereocenters. The lowest BCUT2D eigenvalue weighted by atomic mass is 10.4. The van der Waals surface area contributed by atoms with Crippen LogP contribution in [0.25, 0.3) is 0 Å². The maximum Gasteiger partial charge on any atom is 0.271 e. The molecule has 0 fully saturated rings. The van der Waals surface area contributed by atoms with Gasteiger partial charge in [0.1, 0.15) is 5.69 Å². The minimum Gasteiger partial charge on any atom is -0.342 e. The summed E-state index contributed by atoms with van der Waals surface area (Å²) in [6, 6.07) is 0. The molecule has 0 aliphatic rings. The van der Waals surface area contributed by atoms with Crippen LogP contribution in [0.2, 0.25) is 0 Å². The first-order valence-electron chi connectivity index (χ1n) is 5.48. The molecule has 2 aromatic heterocycles. The second-order valence-corrected chi connectivity index (χ2v) is 3.70. The van der Waals surface area contributed by atoms with Crippen molar-refractivity contribution in [1.82, 2.24) is 25.0 Å². The average molecular weight is 250 g/mol. The van der Waals surface area contributed by atoms with Crippen LogP contribution in [-0.4, -0.2) is 32.1 Å². The van der Waals surface area contributed by atoms with E-state index in [-0.39, 0.29) is 12.5 Å². The summed E-state index contributed by atoms with van der Waals surface area (Å²) in [6.07, 6.45) is 3.21. The summed E-state index contributed by atoms with van der Waals surface area (Å²) in [5.74, 6) is 0.607. The van der Waals surface area contributed by atoms with Gasteiger partial charge in [0, 0.05) is 19.3 Å². The van der Waals surface area contributed by atoms with Gasteiger partial charge in [-0.2, -0.15) is 4.98 Å². The SMILES string of the molecule is Cc1noc(CNC(=O)c2cn(CCN)cn2)n1. The van der Waals surface area contributed by atoms with E-state index in [0.29, 0.717) is 30.5 Å². The van der Waals surface area contributed by atoms with Crippen LogP contribution in [0.4, 0.5) is 0 Å². The van der Waals surface area contributed by atoms with Gasteiger partial charge in [-0.15, -0.1) is 0 Å². The Bertz CT molecular complexity index is 532. The predicted molar refractivity (Wildman–Crippen MR) is 61.5 cm³/mol. The van der Waals surface area contributed by atoms with Crippen LogP contribution < -0.4 is 11.1 Å². The summed E-state index contributed by atoms with van der Waals surface area (Å²) in [7, 11) is 0. The lowest BCUT2D eigenvalue weighted by molar-refractivity contribution is 0.0941. The van der Waals surface area contributed by atoms with Gasteiger partial charge < -0.3 is 20.1 Å². The summed E-state index contributed by atoms with van der Waals surface area (Å²) in [4.78, 5) is 19.7. The van der Waals surface area contributed by atoms with Gasteiger partial charge >= 0.3 is 0 Å². The number of imidazole rings is 1. The number of nitrogens with two attached hydrogens (primary N) is 1. The molecule has 0 unspecified atom stereocenters. The van der Waals surface area contributed by atoms with Crippen LogP contribution in [0.1, 0.15) is 22.2 Å². The van der Waals surface area contributed by atoms with Crippen LogP contribution in [-0.2, 0) is 13.1 Å². The summed E-state index contributed by atoms with van der Waals surface area (Å²) >= 11 is 0. The number of hydrogen-bond acceptors (Lipinski definition) is 6. The topological polar surface area (TPSA) is 112 Å². The molecule has 0 saturated carbocycles. The molecule has 0 bridgehead atoms. The number of nitrogens with zero attached hydrogens (tertiary/aromatic N) is 4. The highest BCUT2D eigenvalue weighted by molar-refractivity contribution is 5.91. The number of rotatable bonds is 5. The fraction of sp³-hybridized carbons (Fsp3) is 0.400. The predicted octanol–water partition coefficient (Wildman–Crippen LogP) is -0.537. The molecule has 0 aliphatic heterocycles. The van der Waals surface area contributed by atoms with Gasteiger partial charge in [-0.1, -0.05) is 5.16 Å². The molecule has 0 radical (unpaired) electrons. The molecule has 2 heterocycles. The van der Waals surface area contributed by atoms with E-state index in [9.17, 15) is 4.79 Å². The quantitative estimate of drug-likeness (QED) is 0.737. The number of amides is 1. The van der Waals surface area contributed by atoms with Crippen LogP contribution in [0, 0.1) is 6.92 Å². The van der Waals surface area contributed by atoms with Crippen LogP contribution in [0.15, 0.2) is 17.0 Å². The average Bonchev–Trinajstić information content (AvgIpc) is 2.96. The molecular weight excluding hydrogens is 236 g/mol. The highest BCUT2D eigenvalue weighted by atomic mass is 16.5. The first-order valence-corrected chi connectivity index (χ1v) is 5.48. The van der Waals surface area contributed by atoms with E-state index in [1.54, 1.807) is 24.0 Å². The van der Waals surface area contributed by atoms with Crippen molar-refractivity contribution in [2.45, 2.75) is 20.0 Å². The molecule has 0 saturated heterocycles. The highest BCUT2D eigenvalue weighted by Gasteiger charge is 2.10. The maximum absolute atomic E-state index is 11.7. The van der Waals surface area contributed by atoms with E-state index in [1.165, 1.54) is 0 Å². The molecule has 3 N–H and O–H groups in total. The Balaban J connectivity index is 1.90. The van der Waals surface area contributed by atoms with Crippen LogP contribution in [0.5, 0.6) is 0 Å². The summed E-state index contributed by atoms with van der Waals surface area (Å²) in [5, 5.41) is 6.27. The molecular formula is C10H14N6O2. The van der Waals surface area contributed by atoms with Crippen LogP contribution >= 0.6 is 0 Å². The number of nitrogens with one attached hydrogen (secondary N) is 1. The fourth-order valence-corrected chi connectivity index (χ4v) is 1.41. The lowest BCUT2D eigenvalue weighted by Crippen LogP contribution is -2.23. The monoisotopic (exact) mass is 250 g/mol. The maximum atomic E-state index is 11.7. The summed E-state index contributed by atoms with van der Waals surface area (Å²) in [6.45, 7) is 3.02. The molecule has 8 heteroatoms. The van der Waals surface area contributed by atoms with Crippen molar-refractivity contribution in [2.75, 3.05) is 6.54 Å². The van der Waals surface area contributed by atoms with Gasteiger partial charge in [0.15, 0.2) is 5.82 Å². The van der Waals surface area contributed by atoms with E-state index < -0.39 is 0 Å². The second kappa shape index (κ2) is 5.41. The molecule has 8 nitrogen and oxygen atoms in total. The highest BCUT2D eigenvalue weighted by Crippen LogP contribution is 1.98. The van der Waals surface area contributed by atoms with Crippen LogP contribution in [0.3, 0.4) is 0 Å². The Morgan fingerprint density at radius 3 is 3.11 bits per heavy atom. The number of carbonyl (C=O) groups excluding carboxylic acids is 1. The van der Waals surface area contributed by atoms with Gasteiger partial charge in [0.2, 0.25) is 5.89 Å². The van der Waals surface area contributed by atoms with E-state index >= 15 is 0 Å². The summed E-state index contributed by atoms with van der Waals surface area (Å²) in [5.41, 5.74) is 5.74. The van der Waals surface area contributed by atoms with Crippen molar-refractivity contribution >= 4 is 5.91 Å². The smallest absolute Gasteiger partial charge is 0.271 e. The Labute approximate surface area is 103 Å². The normalized spacial score (nSPS) is 10.6. The molecule has 18 heavy (non-hydrogen) atoms. The van der Waals surface area contributed by atoms with Gasteiger partial charge in [-0.25, -0.2) is 4.98 Å².